The lowest BCUT2D eigenvalue weighted by atomic mass is 10.1. The van der Waals surface area contributed by atoms with E-state index < -0.39 is 0 Å². The lowest BCUT2D eigenvalue weighted by Crippen LogP contribution is -2.26. The Kier molecular flexibility index (Phi) is 4.79. The minimum atomic E-state index is -0.325. The number of methoxy groups -OCH3 is 2. The highest BCUT2D eigenvalue weighted by Gasteiger charge is 2.17. The van der Waals surface area contributed by atoms with E-state index >= 15 is 0 Å². The molecule has 0 saturated carbocycles. The number of benzene rings is 2. The summed E-state index contributed by atoms with van der Waals surface area (Å²) in [5.74, 6) is 1.15. The summed E-state index contributed by atoms with van der Waals surface area (Å²) in [4.78, 5) is 12.3. The van der Waals surface area contributed by atoms with Gasteiger partial charge in [-0.3, -0.25) is 4.79 Å². The van der Waals surface area contributed by atoms with Crippen LogP contribution in [0.4, 0.5) is 5.69 Å². The molecule has 1 heterocycles. The highest BCUT2D eigenvalue weighted by molar-refractivity contribution is 6.05. The topological polar surface area (TPSA) is 86.7 Å². The second-order valence-corrected chi connectivity index (χ2v) is 5.54. The molecule has 3 aromatic rings. The van der Waals surface area contributed by atoms with Gasteiger partial charge in [-0.05, 0) is 36.2 Å². The van der Waals surface area contributed by atoms with Crippen molar-refractivity contribution in [3.8, 4) is 11.5 Å². The Labute approximate surface area is 145 Å². The molecule has 0 aliphatic heterocycles. The number of amides is 1. The highest BCUT2D eigenvalue weighted by atomic mass is 16.5. The van der Waals surface area contributed by atoms with Crippen LogP contribution >= 0.6 is 0 Å². The van der Waals surface area contributed by atoms with Crippen molar-refractivity contribution in [3.05, 3.63) is 53.8 Å². The van der Waals surface area contributed by atoms with Crippen LogP contribution in [0.5, 0.6) is 11.5 Å². The molecule has 0 bridgehead atoms. The molecular formula is C19H20N2O4. The molecule has 0 radical (unpaired) electrons. The van der Waals surface area contributed by atoms with Crippen LogP contribution in [0, 0.1) is 0 Å². The molecule has 0 saturated heterocycles. The minimum Gasteiger partial charge on any atom is -0.493 e. The maximum absolute atomic E-state index is 12.3. The summed E-state index contributed by atoms with van der Waals surface area (Å²) in [5.41, 5.74) is 7.99. The highest BCUT2D eigenvalue weighted by Crippen LogP contribution is 2.28. The molecular weight excluding hydrogens is 320 g/mol. The number of para-hydroxylation sites is 1. The van der Waals surface area contributed by atoms with E-state index in [1.807, 2.05) is 36.4 Å². The lowest BCUT2D eigenvalue weighted by molar-refractivity contribution is 0.0930. The fourth-order valence-electron chi connectivity index (χ4n) is 2.67. The van der Waals surface area contributed by atoms with Gasteiger partial charge in [-0.15, -0.1) is 0 Å². The molecule has 1 amide bonds. The van der Waals surface area contributed by atoms with Crippen LogP contribution in [0.2, 0.25) is 0 Å². The van der Waals surface area contributed by atoms with Crippen LogP contribution in [-0.4, -0.2) is 26.7 Å². The number of carbonyl (C=O) groups excluding carboxylic acids is 1. The first-order valence-corrected chi connectivity index (χ1v) is 7.90. The van der Waals surface area contributed by atoms with Crippen molar-refractivity contribution in [3.63, 3.8) is 0 Å². The van der Waals surface area contributed by atoms with Gasteiger partial charge in [0, 0.05) is 11.9 Å². The van der Waals surface area contributed by atoms with Crippen molar-refractivity contribution < 1.29 is 18.7 Å². The van der Waals surface area contributed by atoms with Gasteiger partial charge in [0.05, 0.1) is 19.9 Å². The summed E-state index contributed by atoms with van der Waals surface area (Å²) in [6, 6.07) is 13.0. The SMILES string of the molecule is COc1ccc(CCNC(=O)c2oc3ccccc3c2N)cc1OC. The fraction of sp³-hybridized carbons (Fsp3) is 0.211. The molecule has 0 spiro atoms. The van der Waals surface area contributed by atoms with Crippen LogP contribution in [0.25, 0.3) is 11.0 Å². The Balaban J connectivity index is 1.65. The zero-order valence-electron chi connectivity index (χ0n) is 14.2. The van der Waals surface area contributed by atoms with Gasteiger partial charge >= 0.3 is 0 Å². The Hall–Kier alpha value is -3.15. The third-order valence-corrected chi connectivity index (χ3v) is 3.99. The third kappa shape index (κ3) is 3.38. The second kappa shape index (κ2) is 7.17. The van der Waals surface area contributed by atoms with E-state index in [9.17, 15) is 4.79 Å². The van der Waals surface area contributed by atoms with Crippen molar-refractivity contribution in [2.45, 2.75) is 6.42 Å². The molecule has 1 aromatic heterocycles. The van der Waals surface area contributed by atoms with Gasteiger partial charge in [0.15, 0.2) is 11.5 Å². The van der Waals surface area contributed by atoms with E-state index in [0.29, 0.717) is 35.7 Å². The van der Waals surface area contributed by atoms with E-state index in [0.717, 1.165) is 10.9 Å². The van der Waals surface area contributed by atoms with Gasteiger partial charge in [0.1, 0.15) is 5.58 Å². The monoisotopic (exact) mass is 340 g/mol. The molecule has 3 N–H and O–H groups in total. The summed E-state index contributed by atoms with van der Waals surface area (Å²) in [6.07, 6.45) is 0.645. The van der Waals surface area contributed by atoms with Crippen molar-refractivity contribution >= 4 is 22.6 Å². The molecule has 3 rings (SSSR count). The van der Waals surface area contributed by atoms with E-state index in [1.165, 1.54) is 0 Å². The molecule has 0 atom stereocenters. The van der Waals surface area contributed by atoms with E-state index in [-0.39, 0.29) is 11.7 Å². The van der Waals surface area contributed by atoms with Crippen molar-refractivity contribution in [2.24, 2.45) is 0 Å². The fourth-order valence-corrected chi connectivity index (χ4v) is 2.67. The molecule has 6 nitrogen and oxygen atoms in total. The minimum absolute atomic E-state index is 0.147. The van der Waals surface area contributed by atoms with Crippen LogP contribution < -0.4 is 20.5 Å². The number of fused-ring (bicyclic) bond motifs is 1. The van der Waals surface area contributed by atoms with Gasteiger partial charge in [-0.25, -0.2) is 0 Å². The molecule has 0 fully saturated rings. The molecule has 0 unspecified atom stereocenters. The van der Waals surface area contributed by atoms with Gasteiger partial charge in [-0.1, -0.05) is 18.2 Å². The van der Waals surface area contributed by atoms with E-state index in [4.69, 9.17) is 19.6 Å². The quantitative estimate of drug-likeness (QED) is 0.720. The number of anilines is 1. The maximum Gasteiger partial charge on any atom is 0.289 e. The standard InChI is InChI=1S/C19H20N2O4/c1-23-15-8-7-12(11-16(15)24-2)9-10-21-19(22)18-17(20)13-5-3-4-6-14(13)25-18/h3-8,11H,9-10,20H2,1-2H3,(H,21,22). The first-order valence-electron chi connectivity index (χ1n) is 7.90. The first kappa shape index (κ1) is 16.7. The third-order valence-electron chi connectivity index (χ3n) is 3.99. The zero-order chi connectivity index (χ0) is 17.8. The first-order chi connectivity index (χ1) is 12.1. The van der Waals surface area contributed by atoms with E-state index in [1.54, 1.807) is 20.3 Å². The average Bonchev–Trinajstić information content (AvgIpc) is 2.98. The van der Waals surface area contributed by atoms with Crippen molar-refractivity contribution in [1.82, 2.24) is 5.32 Å². The van der Waals surface area contributed by atoms with Gasteiger partial charge in [-0.2, -0.15) is 0 Å². The Morgan fingerprint density at radius 3 is 2.60 bits per heavy atom. The number of furan rings is 1. The summed E-state index contributed by atoms with van der Waals surface area (Å²) < 4.78 is 16.0. The zero-order valence-corrected chi connectivity index (χ0v) is 14.2. The van der Waals surface area contributed by atoms with Crippen LogP contribution in [0.1, 0.15) is 16.1 Å². The number of rotatable bonds is 6. The largest absolute Gasteiger partial charge is 0.493 e. The molecule has 25 heavy (non-hydrogen) atoms. The Morgan fingerprint density at radius 2 is 1.88 bits per heavy atom. The number of nitrogen functional groups attached to an aromatic ring is 1. The smallest absolute Gasteiger partial charge is 0.289 e. The molecule has 0 aliphatic rings. The summed E-state index contributed by atoms with van der Waals surface area (Å²) in [6.45, 7) is 0.449. The Bertz CT molecular complexity index is 902. The average molecular weight is 340 g/mol. The van der Waals surface area contributed by atoms with Gasteiger partial charge in [0.25, 0.3) is 5.91 Å². The summed E-state index contributed by atoms with van der Waals surface area (Å²) in [5, 5.41) is 3.57. The van der Waals surface area contributed by atoms with Crippen LogP contribution in [0.3, 0.4) is 0 Å². The number of nitrogens with one attached hydrogen (secondary N) is 1. The normalized spacial score (nSPS) is 10.6. The predicted molar refractivity (Wildman–Crippen MR) is 96.2 cm³/mol. The Morgan fingerprint density at radius 1 is 1.12 bits per heavy atom. The number of nitrogens with two attached hydrogens (primary N) is 1. The summed E-state index contributed by atoms with van der Waals surface area (Å²) >= 11 is 0. The molecule has 6 heteroatoms. The van der Waals surface area contributed by atoms with Crippen LogP contribution in [0.15, 0.2) is 46.9 Å². The predicted octanol–water partition coefficient (Wildman–Crippen LogP) is 3.00. The number of ether oxygens (including phenoxy) is 2. The lowest BCUT2D eigenvalue weighted by Gasteiger charge is -2.10. The summed E-state index contributed by atoms with van der Waals surface area (Å²) in [7, 11) is 3.18. The number of carbonyl (C=O) groups is 1. The van der Waals surface area contributed by atoms with Gasteiger partial charge < -0.3 is 24.9 Å². The molecule has 130 valence electrons. The van der Waals surface area contributed by atoms with Crippen molar-refractivity contribution in [1.29, 1.82) is 0 Å². The van der Waals surface area contributed by atoms with Crippen LogP contribution in [-0.2, 0) is 6.42 Å². The number of hydrogen-bond donors (Lipinski definition) is 2. The maximum atomic E-state index is 12.3. The molecule has 2 aromatic carbocycles. The number of hydrogen-bond acceptors (Lipinski definition) is 5. The van der Waals surface area contributed by atoms with E-state index in [2.05, 4.69) is 5.32 Å². The van der Waals surface area contributed by atoms with Gasteiger partial charge in [0.2, 0.25) is 5.76 Å². The second-order valence-electron chi connectivity index (χ2n) is 5.54. The van der Waals surface area contributed by atoms with Crippen molar-refractivity contribution in [2.75, 3.05) is 26.5 Å². The molecule has 0 aliphatic carbocycles.